The van der Waals surface area contributed by atoms with Crippen molar-refractivity contribution in [1.82, 2.24) is 19.9 Å². The zero-order valence-corrected chi connectivity index (χ0v) is 25.5. The highest BCUT2D eigenvalue weighted by Gasteiger charge is 2.55. The molecule has 4 aliphatic heterocycles. The number of aliphatic carboxylic acids is 2. The van der Waals surface area contributed by atoms with Gasteiger partial charge in [0.25, 0.3) is 23.6 Å². The lowest BCUT2D eigenvalue weighted by Gasteiger charge is -2.45. The summed E-state index contributed by atoms with van der Waals surface area (Å²) in [4.78, 5) is 150. The molecule has 4 heterocycles. The van der Waals surface area contributed by atoms with Crippen LogP contribution in [-0.2, 0) is 67.2 Å². The van der Waals surface area contributed by atoms with E-state index in [1.54, 1.807) is 0 Å². The number of carbonyl (C=O) groups is 12. The highest BCUT2D eigenvalue weighted by molar-refractivity contribution is 6.07. The summed E-state index contributed by atoms with van der Waals surface area (Å²) in [6.45, 7) is 0. The Bertz CT molecular complexity index is 1280. The number of carboxylic acids is 2. The molecule has 4 rings (SSSR count). The van der Waals surface area contributed by atoms with Gasteiger partial charge in [-0.05, 0) is 6.42 Å². The van der Waals surface area contributed by atoms with Crippen LogP contribution in [0.3, 0.4) is 0 Å². The summed E-state index contributed by atoms with van der Waals surface area (Å²) in [6.07, 6.45) is -2.83. The van der Waals surface area contributed by atoms with Gasteiger partial charge in [0.15, 0.2) is 0 Å². The van der Waals surface area contributed by atoms with Crippen LogP contribution >= 0.6 is 0 Å². The molecular formula is C28H32N4O16. The van der Waals surface area contributed by atoms with E-state index in [4.69, 9.17) is 10.2 Å². The highest BCUT2D eigenvalue weighted by atomic mass is 16.7. The predicted octanol–water partition coefficient (Wildman–Crippen LogP) is -0.919. The van der Waals surface area contributed by atoms with Crippen molar-refractivity contribution < 1.29 is 77.4 Å². The summed E-state index contributed by atoms with van der Waals surface area (Å²) < 4.78 is 0. The molecule has 0 spiro atoms. The van der Waals surface area contributed by atoms with Crippen molar-refractivity contribution in [3.05, 3.63) is 0 Å². The number of likely N-dealkylation sites (tertiary alicyclic amines) is 2. The van der Waals surface area contributed by atoms with Crippen LogP contribution in [0.2, 0.25) is 0 Å². The minimum Gasteiger partial charge on any atom is -0.481 e. The SMILES string of the molecule is O=C(CCCC(=O)ON1C(=O)CCC1=O)ON1C(=O)CCC1=O.O=C(O)CCC(CCC(=O)O)(N1C(=O)CCC1=O)N1C(=O)CCC1=O. The summed E-state index contributed by atoms with van der Waals surface area (Å²) in [5, 5.41) is 18.9. The molecule has 4 fully saturated rings. The summed E-state index contributed by atoms with van der Waals surface area (Å²) in [6, 6.07) is 0. The van der Waals surface area contributed by atoms with E-state index in [1.807, 2.05) is 0 Å². The Morgan fingerprint density at radius 3 is 1.02 bits per heavy atom. The lowest BCUT2D eigenvalue weighted by molar-refractivity contribution is -0.199. The summed E-state index contributed by atoms with van der Waals surface area (Å²) in [5.74, 6) is -9.12. The molecule has 20 heteroatoms. The van der Waals surface area contributed by atoms with E-state index in [0.717, 1.165) is 9.80 Å². The van der Waals surface area contributed by atoms with E-state index in [9.17, 15) is 57.5 Å². The maximum absolute atomic E-state index is 12.3. The van der Waals surface area contributed by atoms with Gasteiger partial charge in [-0.25, -0.2) is 9.59 Å². The molecule has 0 saturated carbocycles. The fraction of sp³-hybridized carbons (Fsp3) is 0.571. The standard InChI is InChI=1S/C15H18N2O8.C13H14N2O8/c18-9-1-2-10(19)16(9)15(7-5-13(22)23,8-6-14(24)25)17-11(20)3-4-12(17)21;16-8-4-5-9(17)14(8)22-12(20)2-1-3-13(21)23-15-10(18)6-7-11(15)19/h1-8H2,(H,22,23)(H,24,25);1-7H2. The minimum absolute atomic E-state index is 0.00364. The maximum atomic E-state index is 12.3. The third-order valence-corrected chi connectivity index (χ3v) is 7.57. The van der Waals surface area contributed by atoms with Crippen molar-refractivity contribution >= 4 is 71.1 Å². The first-order valence-corrected chi connectivity index (χ1v) is 14.9. The van der Waals surface area contributed by atoms with Crippen molar-refractivity contribution in [2.75, 3.05) is 0 Å². The number of rotatable bonds is 14. The van der Waals surface area contributed by atoms with Crippen LogP contribution in [0.4, 0.5) is 0 Å². The van der Waals surface area contributed by atoms with E-state index in [-0.39, 0.29) is 70.6 Å². The molecule has 0 aromatic carbocycles. The highest BCUT2D eigenvalue weighted by Crippen LogP contribution is 2.38. The van der Waals surface area contributed by atoms with Crippen LogP contribution in [0.25, 0.3) is 0 Å². The average molecular weight is 681 g/mol. The zero-order valence-electron chi connectivity index (χ0n) is 25.5. The summed E-state index contributed by atoms with van der Waals surface area (Å²) in [7, 11) is 0. The molecule has 0 aliphatic carbocycles. The van der Waals surface area contributed by atoms with Gasteiger partial charge in [-0.1, -0.05) is 0 Å². The number of nitrogens with zero attached hydrogens (tertiary/aromatic N) is 4. The van der Waals surface area contributed by atoms with Crippen LogP contribution in [0.5, 0.6) is 0 Å². The number of carbonyl (C=O) groups excluding carboxylic acids is 10. The monoisotopic (exact) mass is 680 g/mol. The molecule has 0 aromatic heterocycles. The second kappa shape index (κ2) is 15.8. The van der Waals surface area contributed by atoms with Gasteiger partial charge in [-0.15, -0.1) is 10.1 Å². The van der Waals surface area contributed by atoms with E-state index >= 15 is 0 Å². The third-order valence-electron chi connectivity index (χ3n) is 7.57. The number of amides is 8. The largest absolute Gasteiger partial charge is 0.481 e. The molecule has 0 bridgehead atoms. The van der Waals surface area contributed by atoms with Gasteiger partial charge in [0.1, 0.15) is 5.66 Å². The van der Waals surface area contributed by atoms with Gasteiger partial charge in [0, 0.05) is 89.9 Å². The first-order valence-electron chi connectivity index (χ1n) is 14.9. The van der Waals surface area contributed by atoms with Crippen LogP contribution in [0.1, 0.15) is 96.3 Å². The van der Waals surface area contributed by atoms with Gasteiger partial charge in [-0.3, -0.25) is 57.7 Å². The van der Waals surface area contributed by atoms with Crippen molar-refractivity contribution in [3.8, 4) is 0 Å². The second-order valence-electron chi connectivity index (χ2n) is 11.0. The molecule has 4 aliphatic rings. The van der Waals surface area contributed by atoms with Crippen molar-refractivity contribution in [2.45, 2.75) is 102 Å². The first-order chi connectivity index (χ1) is 22.6. The quantitative estimate of drug-likeness (QED) is 0.210. The topological polar surface area (TPSA) is 277 Å². The molecule has 8 amide bonds. The van der Waals surface area contributed by atoms with Crippen LogP contribution < -0.4 is 0 Å². The van der Waals surface area contributed by atoms with Crippen molar-refractivity contribution in [2.24, 2.45) is 0 Å². The Labute approximate surface area is 270 Å². The third kappa shape index (κ3) is 8.82. The normalized spacial score (nSPS) is 18.2. The molecule has 20 nitrogen and oxygen atoms in total. The van der Waals surface area contributed by atoms with Crippen LogP contribution in [0.15, 0.2) is 0 Å². The van der Waals surface area contributed by atoms with Crippen LogP contribution in [-0.4, -0.2) is 107 Å². The molecule has 4 saturated heterocycles. The number of hydrogen-bond acceptors (Lipinski definition) is 14. The van der Waals surface area contributed by atoms with Gasteiger partial charge in [-0.2, -0.15) is 0 Å². The number of hydroxylamine groups is 4. The van der Waals surface area contributed by atoms with Gasteiger partial charge in [0.05, 0.1) is 0 Å². The van der Waals surface area contributed by atoms with E-state index in [2.05, 4.69) is 9.68 Å². The van der Waals surface area contributed by atoms with Gasteiger partial charge < -0.3 is 19.9 Å². The Balaban J connectivity index is 0.000000261. The Kier molecular flexibility index (Phi) is 12.2. The molecular weight excluding hydrogens is 648 g/mol. The van der Waals surface area contributed by atoms with Crippen LogP contribution in [0, 0.1) is 0 Å². The summed E-state index contributed by atoms with van der Waals surface area (Å²) >= 11 is 0. The van der Waals surface area contributed by atoms with Crippen molar-refractivity contribution in [1.29, 1.82) is 0 Å². The molecule has 48 heavy (non-hydrogen) atoms. The predicted molar refractivity (Wildman–Crippen MR) is 147 cm³/mol. The fourth-order valence-corrected chi connectivity index (χ4v) is 5.36. The molecule has 2 N–H and O–H groups in total. The lowest BCUT2D eigenvalue weighted by atomic mass is 9.93. The zero-order chi connectivity index (χ0) is 35.8. The Morgan fingerprint density at radius 2 is 0.750 bits per heavy atom. The Hall–Kier alpha value is -5.56. The second-order valence-corrected chi connectivity index (χ2v) is 11.0. The number of imide groups is 4. The maximum Gasteiger partial charge on any atom is 0.333 e. The fourth-order valence-electron chi connectivity index (χ4n) is 5.36. The number of carboxylic acid groups (broad SMARTS) is 2. The molecule has 260 valence electrons. The summed E-state index contributed by atoms with van der Waals surface area (Å²) in [5.41, 5.74) is -1.88. The van der Waals surface area contributed by atoms with Crippen molar-refractivity contribution in [3.63, 3.8) is 0 Å². The first kappa shape index (κ1) is 36.9. The molecule has 0 unspecified atom stereocenters. The van der Waals surface area contributed by atoms with Gasteiger partial charge in [0.2, 0.25) is 23.6 Å². The molecule has 0 aromatic rings. The number of hydrogen-bond donors (Lipinski definition) is 2. The van der Waals surface area contributed by atoms with Gasteiger partial charge >= 0.3 is 23.9 Å². The minimum atomic E-state index is -1.88. The average Bonchev–Trinajstić information content (AvgIpc) is 3.74. The molecule has 0 atom stereocenters. The van der Waals surface area contributed by atoms with E-state index in [0.29, 0.717) is 10.1 Å². The smallest absolute Gasteiger partial charge is 0.333 e. The Morgan fingerprint density at radius 1 is 0.479 bits per heavy atom. The molecule has 0 radical (unpaired) electrons. The van der Waals surface area contributed by atoms with E-state index in [1.165, 1.54) is 0 Å². The van der Waals surface area contributed by atoms with E-state index < -0.39 is 102 Å². The lowest BCUT2D eigenvalue weighted by Crippen LogP contribution is -2.64.